The minimum Gasteiger partial charge on any atom is -0.310 e. The first-order chi connectivity index (χ1) is 8.22. The van der Waals surface area contributed by atoms with E-state index in [2.05, 4.69) is 4.98 Å². The summed E-state index contributed by atoms with van der Waals surface area (Å²) in [5.41, 5.74) is 3.24. The van der Waals surface area contributed by atoms with Crippen LogP contribution in [0.2, 0.25) is 0 Å². The summed E-state index contributed by atoms with van der Waals surface area (Å²) in [4.78, 5) is 17.4. The second kappa shape index (κ2) is 4.76. The molecule has 2 aromatic rings. The number of nitriles is 1. The molecule has 0 radical (unpaired) electrons. The number of carbonyl (C=O) groups is 1. The van der Waals surface area contributed by atoms with Gasteiger partial charge in [-0.05, 0) is 18.2 Å². The van der Waals surface area contributed by atoms with Crippen LogP contribution in [0.3, 0.4) is 0 Å². The van der Waals surface area contributed by atoms with Gasteiger partial charge in [-0.1, -0.05) is 6.07 Å². The van der Waals surface area contributed by atoms with Gasteiger partial charge in [0.15, 0.2) is 0 Å². The van der Waals surface area contributed by atoms with E-state index in [9.17, 15) is 4.79 Å². The van der Waals surface area contributed by atoms with E-state index in [0.717, 1.165) is 0 Å². The number of nitrogens with zero attached hydrogens (tertiary/aromatic N) is 3. The Morgan fingerprint density at radius 2 is 2.35 bits per heavy atom. The fourth-order valence-corrected chi connectivity index (χ4v) is 1.92. The number of hydrogen-bond donors (Lipinski definition) is 0. The molecule has 4 nitrogen and oxygen atoms in total. The van der Waals surface area contributed by atoms with Crippen LogP contribution in [0.25, 0.3) is 0 Å². The lowest BCUT2D eigenvalue weighted by Crippen LogP contribution is -2.26. The van der Waals surface area contributed by atoms with Crippen molar-refractivity contribution in [3.63, 3.8) is 0 Å². The van der Waals surface area contributed by atoms with E-state index in [-0.39, 0.29) is 5.91 Å². The van der Waals surface area contributed by atoms with E-state index in [1.807, 2.05) is 6.07 Å². The summed E-state index contributed by atoms with van der Waals surface area (Å²) in [6.45, 7) is 0. The summed E-state index contributed by atoms with van der Waals surface area (Å²) in [5, 5.41) is 10.5. The zero-order valence-corrected chi connectivity index (χ0v) is 9.94. The number of anilines is 1. The standard InChI is InChI=1S/C12H9N3OS/c1-15(12(16)11-7-17-8-14-11)10-4-2-3-9(5-10)6-13/h2-5,7-8H,1H3. The lowest BCUT2D eigenvalue weighted by Gasteiger charge is -2.16. The maximum atomic E-state index is 12.0. The van der Waals surface area contributed by atoms with Gasteiger partial charge in [0, 0.05) is 18.1 Å². The Kier molecular flexibility index (Phi) is 3.17. The first kappa shape index (κ1) is 11.3. The predicted octanol–water partition coefficient (Wildman–Crippen LogP) is 2.29. The molecule has 0 saturated carbocycles. The Morgan fingerprint density at radius 1 is 1.53 bits per heavy atom. The maximum absolute atomic E-state index is 12.0. The van der Waals surface area contributed by atoms with Crippen molar-refractivity contribution < 1.29 is 4.79 Å². The zero-order valence-electron chi connectivity index (χ0n) is 9.12. The van der Waals surface area contributed by atoms with Crippen LogP contribution in [-0.4, -0.2) is 17.9 Å². The molecule has 1 amide bonds. The van der Waals surface area contributed by atoms with Gasteiger partial charge in [0.2, 0.25) is 0 Å². The van der Waals surface area contributed by atoms with Crippen molar-refractivity contribution in [2.45, 2.75) is 0 Å². The van der Waals surface area contributed by atoms with Crippen molar-refractivity contribution in [2.24, 2.45) is 0 Å². The number of thiazole rings is 1. The molecule has 0 spiro atoms. The van der Waals surface area contributed by atoms with Crippen LogP contribution in [0.1, 0.15) is 16.1 Å². The Labute approximate surface area is 103 Å². The lowest BCUT2D eigenvalue weighted by atomic mass is 10.2. The van der Waals surface area contributed by atoms with Crippen LogP contribution in [0.4, 0.5) is 5.69 Å². The fourth-order valence-electron chi connectivity index (χ4n) is 1.39. The van der Waals surface area contributed by atoms with Gasteiger partial charge in [-0.25, -0.2) is 4.98 Å². The highest BCUT2D eigenvalue weighted by Crippen LogP contribution is 2.16. The van der Waals surface area contributed by atoms with Crippen molar-refractivity contribution in [2.75, 3.05) is 11.9 Å². The maximum Gasteiger partial charge on any atom is 0.277 e. The quantitative estimate of drug-likeness (QED) is 0.813. The summed E-state index contributed by atoms with van der Waals surface area (Å²) >= 11 is 1.38. The van der Waals surface area contributed by atoms with Crippen molar-refractivity contribution in [3.8, 4) is 6.07 Å². The Bertz CT molecular complexity index is 572. The smallest absolute Gasteiger partial charge is 0.277 e. The molecule has 2 rings (SSSR count). The first-order valence-electron chi connectivity index (χ1n) is 4.89. The number of amides is 1. The SMILES string of the molecule is CN(C(=O)c1cscn1)c1cccc(C#N)c1. The highest BCUT2D eigenvalue weighted by Gasteiger charge is 2.15. The average molecular weight is 243 g/mol. The number of hydrogen-bond acceptors (Lipinski definition) is 4. The lowest BCUT2D eigenvalue weighted by molar-refractivity contribution is 0.0989. The Balaban J connectivity index is 2.28. The van der Waals surface area contributed by atoms with Gasteiger partial charge >= 0.3 is 0 Å². The van der Waals surface area contributed by atoms with E-state index >= 15 is 0 Å². The molecule has 84 valence electrons. The topological polar surface area (TPSA) is 57.0 Å². The molecule has 1 heterocycles. The van der Waals surface area contributed by atoms with E-state index in [1.54, 1.807) is 42.2 Å². The number of aromatic nitrogens is 1. The third-order valence-electron chi connectivity index (χ3n) is 2.32. The third kappa shape index (κ3) is 2.32. The molecule has 0 saturated heterocycles. The predicted molar refractivity (Wildman–Crippen MR) is 66.0 cm³/mol. The molecule has 0 bridgehead atoms. The minimum absolute atomic E-state index is 0.179. The monoisotopic (exact) mass is 243 g/mol. The zero-order chi connectivity index (χ0) is 12.3. The second-order valence-corrected chi connectivity index (χ2v) is 4.12. The average Bonchev–Trinajstić information content (AvgIpc) is 2.91. The van der Waals surface area contributed by atoms with Gasteiger partial charge in [0.05, 0.1) is 17.1 Å². The van der Waals surface area contributed by atoms with Gasteiger partial charge in [-0.3, -0.25) is 4.79 Å². The van der Waals surface area contributed by atoms with Crippen molar-refractivity contribution in [3.05, 3.63) is 46.4 Å². The van der Waals surface area contributed by atoms with Crippen molar-refractivity contribution in [1.29, 1.82) is 5.26 Å². The van der Waals surface area contributed by atoms with Crippen molar-refractivity contribution in [1.82, 2.24) is 4.98 Å². The van der Waals surface area contributed by atoms with Crippen LogP contribution in [0, 0.1) is 11.3 Å². The highest BCUT2D eigenvalue weighted by molar-refractivity contribution is 7.07. The normalized spacial score (nSPS) is 9.65. The molecule has 1 aromatic carbocycles. The van der Waals surface area contributed by atoms with Gasteiger partial charge in [-0.15, -0.1) is 11.3 Å². The number of rotatable bonds is 2. The summed E-state index contributed by atoms with van der Waals surface area (Å²) in [6.07, 6.45) is 0. The van der Waals surface area contributed by atoms with Crippen LogP contribution >= 0.6 is 11.3 Å². The van der Waals surface area contributed by atoms with E-state index in [4.69, 9.17) is 5.26 Å². The summed E-state index contributed by atoms with van der Waals surface area (Å²) in [7, 11) is 1.66. The highest BCUT2D eigenvalue weighted by atomic mass is 32.1. The van der Waals surface area contributed by atoms with Gasteiger partial charge in [0.25, 0.3) is 5.91 Å². The van der Waals surface area contributed by atoms with Crippen LogP contribution in [-0.2, 0) is 0 Å². The largest absolute Gasteiger partial charge is 0.310 e. The van der Waals surface area contributed by atoms with Gasteiger partial charge in [0.1, 0.15) is 5.69 Å². The van der Waals surface area contributed by atoms with Crippen LogP contribution in [0.5, 0.6) is 0 Å². The molecule has 0 unspecified atom stereocenters. The molecule has 0 aliphatic heterocycles. The van der Waals surface area contributed by atoms with E-state index in [1.165, 1.54) is 16.2 Å². The molecule has 0 N–H and O–H groups in total. The molecule has 17 heavy (non-hydrogen) atoms. The van der Waals surface area contributed by atoms with Crippen molar-refractivity contribution >= 4 is 22.9 Å². The molecule has 0 aliphatic rings. The third-order valence-corrected chi connectivity index (χ3v) is 2.91. The first-order valence-corrected chi connectivity index (χ1v) is 5.83. The van der Waals surface area contributed by atoms with Crippen LogP contribution < -0.4 is 4.90 Å². The summed E-state index contributed by atoms with van der Waals surface area (Å²) < 4.78 is 0. The van der Waals surface area contributed by atoms with Crippen LogP contribution in [0.15, 0.2) is 35.2 Å². The minimum atomic E-state index is -0.179. The summed E-state index contributed by atoms with van der Waals surface area (Å²) in [5.74, 6) is -0.179. The molecule has 0 aliphatic carbocycles. The molecule has 0 fully saturated rings. The Morgan fingerprint density at radius 3 is 3.00 bits per heavy atom. The molecular weight excluding hydrogens is 234 g/mol. The molecule has 0 atom stereocenters. The number of benzene rings is 1. The molecular formula is C12H9N3OS. The van der Waals surface area contributed by atoms with Gasteiger partial charge < -0.3 is 4.90 Å². The van der Waals surface area contributed by atoms with E-state index < -0.39 is 0 Å². The number of carbonyl (C=O) groups excluding carboxylic acids is 1. The molecule has 1 aromatic heterocycles. The fraction of sp³-hybridized carbons (Fsp3) is 0.0833. The summed E-state index contributed by atoms with van der Waals surface area (Å²) in [6, 6.07) is 8.95. The van der Waals surface area contributed by atoms with Gasteiger partial charge in [-0.2, -0.15) is 5.26 Å². The molecule has 5 heteroatoms. The Hall–Kier alpha value is -2.19. The second-order valence-electron chi connectivity index (χ2n) is 3.40. The van der Waals surface area contributed by atoms with E-state index in [0.29, 0.717) is 16.9 Å².